The maximum Gasteiger partial charge on any atom is 0.0750 e. The second kappa shape index (κ2) is 8.22. The molecule has 1 aromatic rings. The van der Waals surface area contributed by atoms with Gasteiger partial charge in [-0.15, -0.1) is 0 Å². The van der Waals surface area contributed by atoms with Crippen molar-refractivity contribution >= 4 is 5.69 Å². The minimum absolute atomic E-state index is 0.381. The number of nitrogens with zero attached hydrogens (tertiary/aromatic N) is 2. The highest BCUT2D eigenvalue weighted by molar-refractivity contribution is 5.51. The fraction of sp³-hybridized carbons (Fsp3) is 0.688. The zero-order chi connectivity index (χ0) is 14.2. The molecule has 0 amide bonds. The summed E-state index contributed by atoms with van der Waals surface area (Å²) in [5.41, 5.74) is 2.57. The number of hydrogen-bond acceptors (Lipinski definition) is 4. The first-order chi connectivity index (χ1) is 9.85. The van der Waals surface area contributed by atoms with Crippen LogP contribution >= 0.6 is 0 Å². The molecule has 112 valence electrons. The Kier molecular flexibility index (Phi) is 6.27. The molecule has 20 heavy (non-hydrogen) atoms. The van der Waals surface area contributed by atoms with Crippen LogP contribution in [0.15, 0.2) is 18.5 Å². The van der Waals surface area contributed by atoms with Crippen molar-refractivity contribution in [2.75, 3.05) is 31.1 Å². The first-order valence-corrected chi connectivity index (χ1v) is 7.85. The molecule has 1 N–H and O–H groups in total. The van der Waals surface area contributed by atoms with Crippen molar-refractivity contribution < 1.29 is 4.74 Å². The summed E-state index contributed by atoms with van der Waals surface area (Å²) >= 11 is 0. The number of anilines is 1. The highest BCUT2D eigenvalue weighted by atomic mass is 16.5. The van der Waals surface area contributed by atoms with Crippen LogP contribution < -0.4 is 10.2 Å². The summed E-state index contributed by atoms with van der Waals surface area (Å²) in [6.45, 7) is 9.24. The molecular weight excluding hydrogens is 250 g/mol. The van der Waals surface area contributed by atoms with Gasteiger partial charge in [0.1, 0.15) is 0 Å². The van der Waals surface area contributed by atoms with Crippen LogP contribution in [-0.2, 0) is 11.3 Å². The molecule has 4 heteroatoms. The summed E-state index contributed by atoms with van der Waals surface area (Å²) in [6.07, 6.45) is 7.79. The Hall–Kier alpha value is -1.13. The summed E-state index contributed by atoms with van der Waals surface area (Å²) in [6, 6.07) is 2.12. The fourth-order valence-electron chi connectivity index (χ4n) is 2.68. The van der Waals surface area contributed by atoms with Crippen LogP contribution in [0.25, 0.3) is 0 Å². The number of likely N-dealkylation sites (N-methyl/N-ethyl adjacent to an activating group) is 1. The Morgan fingerprint density at radius 1 is 1.45 bits per heavy atom. The predicted octanol–water partition coefficient (Wildman–Crippen LogP) is 2.59. The normalized spacial score (nSPS) is 18.4. The van der Waals surface area contributed by atoms with Gasteiger partial charge in [-0.2, -0.15) is 0 Å². The SMILES string of the molecule is CCCNCc1ccncc1N(CC)CC1CCCO1. The van der Waals surface area contributed by atoms with Crippen LogP contribution in [0.4, 0.5) is 5.69 Å². The molecule has 0 aromatic carbocycles. The van der Waals surface area contributed by atoms with Crippen LogP contribution in [0.5, 0.6) is 0 Å². The number of ether oxygens (including phenoxy) is 1. The first-order valence-electron chi connectivity index (χ1n) is 7.85. The van der Waals surface area contributed by atoms with E-state index in [1.54, 1.807) is 0 Å². The van der Waals surface area contributed by atoms with Gasteiger partial charge in [0.05, 0.1) is 18.0 Å². The molecule has 1 aliphatic heterocycles. The van der Waals surface area contributed by atoms with Crippen molar-refractivity contribution in [3.63, 3.8) is 0 Å². The van der Waals surface area contributed by atoms with Gasteiger partial charge in [0.15, 0.2) is 0 Å². The van der Waals surface area contributed by atoms with Crippen LogP contribution in [-0.4, -0.2) is 37.3 Å². The third kappa shape index (κ3) is 4.18. The zero-order valence-electron chi connectivity index (χ0n) is 12.8. The molecule has 1 saturated heterocycles. The van der Waals surface area contributed by atoms with Gasteiger partial charge in [-0.1, -0.05) is 6.92 Å². The van der Waals surface area contributed by atoms with Crippen molar-refractivity contribution in [3.05, 3.63) is 24.0 Å². The smallest absolute Gasteiger partial charge is 0.0750 e. The summed E-state index contributed by atoms with van der Waals surface area (Å²) in [4.78, 5) is 6.70. The topological polar surface area (TPSA) is 37.4 Å². The van der Waals surface area contributed by atoms with Crippen molar-refractivity contribution in [2.24, 2.45) is 0 Å². The quantitative estimate of drug-likeness (QED) is 0.741. The van der Waals surface area contributed by atoms with Crippen molar-refractivity contribution in [1.29, 1.82) is 0 Å². The van der Waals surface area contributed by atoms with Gasteiger partial charge in [0, 0.05) is 32.4 Å². The molecule has 1 atom stereocenters. The molecule has 0 aliphatic carbocycles. The summed E-state index contributed by atoms with van der Waals surface area (Å²) < 4.78 is 5.77. The summed E-state index contributed by atoms with van der Waals surface area (Å²) in [7, 11) is 0. The van der Waals surface area contributed by atoms with Crippen LogP contribution in [0.2, 0.25) is 0 Å². The van der Waals surface area contributed by atoms with Gasteiger partial charge in [-0.25, -0.2) is 0 Å². The summed E-state index contributed by atoms with van der Waals surface area (Å²) in [5.74, 6) is 0. The molecule has 1 fully saturated rings. The average Bonchev–Trinajstić information content (AvgIpc) is 2.99. The summed E-state index contributed by atoms with van der Waals surface area (Å²) in [5, 5.41) is 3.48. The Morgan fingerprint density at radius 2 is 2.35 bits per heavy atom. The monoisotopic (exact) mass is 277 g/mol. The Bertz CT molecular complexity index is 391. The molecule has 1 aromatic heterocycles. The van der Waals surface area contributed by atoms with Gasteiger partial charge < -0.3 is 15.0 Å². The number of aromatic nitrogens is 1. The van der Waals surface area contributed by atoms with E-state index in [0.29, 0.717) is 6.10 Å². The van der Waals surface area contributed by atoms with E-state index in [2.05, 4.69) is 35.1 Å². The highest BCUT2D eigenvalue weighted by Crippen LogP contribution is 2.22. The van der Waals surface area contributed by atoms with Gasteiger partial charge in [-0.3, -0.25) is 4.98 Å². The zero-order valence-corrected chi connectivity index (χ0v) is 12.8. The predicted molar refractivity (Wildman–Crippen MR) is 83.1 cm³/mol. The standard InChI is InChI=1S/C16H27N3O/c1-3-8-17-11-14-7-9-18-12-16(14)19(4-2)13-15-6-5-10-20-15/h7,9,12,15,17H,3-6,8,10-11,13H2,1-2H3. The van der Waals surface area contributed by atoms with Crippen LogP contribution in [0.3, 0.4) is 0 Å². The molecule has 2 rings (SSSR count). The maximum atomic E-state index is 5.77. The lowest BCUT2D eigenvalue weighted by Gasteiger charge is -2.27. The molecule has 1 unspecified atom stereocenters. The average molecular weight is 277 g/mol. The Labute approximate surface area is 122 Å². The molecule has 0 radical (unpaired) electrons. The van der Waals surface area contributed by atoms with Gasteiger partial charge in [-0.05, 0) is 44.4 Å². The third-order valence-corrected chi connectivity index (χ3v) is 3.80. The molecule has 0 spiro atoms. The number of nitrogens with one attached hydrogen (secondary N) is 1. The molecular formula is C16H27N3O. The third-order valence-electron chi connectivity index (χ3n) is 3.80. The van der Waals surface area contributed by atoms with E-state index in [1.807, 2.05) is 12.4 Å². The second-order valence-corrected chi connectivity index (χ2v) is 5.35. The molecule has 0 saturated carbocycles. The number of hydrogen-bond donors (Lipinski definition) is 1. The molecule has 4 nitrogen and oxygen atoms in total. The maximum absolute atomic E-state index is 5.77. The number of pyridine rings is 1. The van der Waals surface area contributed by atoms with Crippen molar-refractivity contribution in [3.8, 4) is 0 Å². The lowest BCUT2D eigenvalue weighted by molar-refractivity contribution is 0.115. The van der Waals surface area contributed by atoms with E-state index >= 15 is 0 Å². The highest BCUT2D eigenvalue weighted by Gasteiger charge is 2.20. The lowest BCUT2D eigenvalue weighted by Crippen LogP contribution is -2.33. The fourth-order valence-corrected chi connectivity index (χ4v) is 2.68. The van der Waals surface area contributed by atoms with E-state index in [0.717, 1.165) is 39.2 Å². The van der Waals surface area contributed by atoms with Gasteiger partial charge in [0.2, 0.25) is 0 Å². The van der Waals surface area contributed by atoms with E-state index < -0.39 is 0 Å². The van der Waals surface area contributed by atoms with E-state index in [1.165, 1.54) is 24.1 Å². The van der Waals surface area contributed by atoms with Gasteiger partial charge in [0.25, 0.3) is 0 Å². The van der Waals surface area contributed by atoms with Crippen molar-refractivity contribution in [2.45, 2.75) is 45.8 Å². The minimum Gasteiger partial charge on any atom is -0.376 e. The molecule has 2 heterocycles. The molecule has 0 bridgehead atoms. The van der Waals surface area contributed by atoms with E-state index in [-0.39, 0.29) is 0 Å². The van der Waals surface area contributed by atoms with Crippen molar-refractivity contribution in [1.82, 2.24) is 10.3 Å². The minimum atomic E-state index is 0.381. The Morgan fingerprint density at radius 3 is 3.05 bits per heavy atom. The lowest BCUT2D eigenvalue weighted by atomic mass is 10.1. The van der Waals surface area contributed by atoms with E-state index in [9.17, 15) is 0 Å². The first kappa shape index (κ1) is 15.3. The van der Waals surface area contributed by atoms with Gasteiger partial charge >= 0.3 is 0 Å². The molecule has 1 aliphatic rings. The Balaban J connectivity index is 2.03. The van der Waals surface area contributed by atoms with E-state index in [4.69, 9.17) is 4.74 Å². The van der Waals surface area contributed by atoms with Crippen LogP contribution in [0, 0.1) is 0 Å². The number of rotatable bonds is 8. The second-order valence-electron chi connectivity index (χ2n) is 5.35. The van der Waals surface area contributed by atoms with Crippen LogP contribution in [0.1, 0.15) is 38.7 Å². The largest absolute Gasteiger partial charge is 0.376 e.